The Morgan fingerprint density at radius 2 is 1.85 bits per heavy atom. The predicted octanol–water partition coefficient (Wildman–Crippen LogP) is 3.23. The lowest BCUT2D eigenvalue weighted by Gasteiger charge is -2.19. The molecule has 1 aromatic heterocycles. The quantitative estimate of drug-likeness (QED) is 0.893. The van der Waals surface area contributed by atoms with E-state index in [2.05, 4.69) is 5.10 Å². The van der Waals surface area contributed by atoms with Gasteiger partial charge in [-0.15, -0.1) is 0 Å². The molecule has 1 aromatic carbocycles. The van der Waals surface area contributed by atoms with Gasteiger partial charge in [0.15, 0.2) is 0 Å². The Morgan fingerprint density at radius 3 is 2.38 bits per heavy atom. The van der Waals surface area contributed by atoms with E-state index in [1.165, 1.54) is 0 Å². The molecule has 26 heavy (non-hydrogen) atoms. The van der Waals surface area contributed by atoms with Crippen LogP contribution in [0.3, 0.4) is 0 Å². The Morgan fingerprint density at radius 1 is 1.19 bits per heavy atom. The molecule has 3 rings (SSSR count). The van der Waals surface area contributed by atoms with Crippen molar-refractivity contribution in [2.75, 3.05) is 13.1 Å². The molecule has 0 unspecified atom stereocenters. The van der Waals surface area contributed by atoms with Crippen molar-refractivity contribution in [3.05, 3.63) is 52.8 Å². The normalized spacial score (nSPS) is 20.4. The SMILES string of the molecule is CC(C)(C)n1cc(C(=O)N2C[C@@H](C(=O)O)[C@H](c3ccc(Cl)cc3)C2)cn1. The number of aromatic nitrogens is 2. The molecule has 0 saturated carbocycles. The lowest BCUT2D eigenvalue weighted by molar-refractivity contribution is -0.141. The Balaban J connectivity index is 1.83. The largest absolute Gasteiger partial charge is 0.481 e. The van der Waals surface area contributed by atoms with Crippen LogP contribution in [0, 0.1) is 5.92 Å². The fraction of sp³-hybridized carbons (Fsp3) is 0.421. The van der Waals surface area contributed by atoms with Crippen molar-refractivity contribution in [3.63, 3.8) is 0 Å². The highest BCUT2D eigenvalue weighted by Gasteiger charge is 2.41. The molecule has 6 nitrogen and oxygen atoms in total. The minimum absolute atomic E-state index is 0.183. The van der Waals surface area contributed by atoms with Crippen LogP contribution in [0.15, 0.2) is 36.7 Å². The summed E-state index contributed by atoms with van der Waals surface area (Å²) in [4.78, 5) is 26.2. The first-order valence-corrected chi connectivity index (χ1v) is 8.87. The van der Waals surface area contributed by atoms with Crippen molar-refractivity contribution >= 4 is 23.5 Å². The van der Waals surface area contributed by atoms with Crippen LogP contribution in [0.1, 0.15) is 42.6 Å². The fourth-order valence-corrected chi connectivity index (χ4v) is 3.38. The standard InChI is InChI=1S/C19H22ClN3O3/c1-19(2,3)23-9-13(8-21-23)17(24)22-10-15(16(11-22)18(25)26)12-4-6-14(20)7-5-12/h4-9,15-16H,10-11H2,1-3H3,(H,25,26)/t15-,16+/m0/s1. The lowest BCUT2D eigenvalue weighted by Crippen LogP contribution is -2.30. The van der Waals surface area contributed by atoms with Gasteiger partial charge in [-0.25, -0.2) is 0 Å². The second kappa shape index (κ2) is 6.76. The van der Waals surface area contributed by atoms with Gasteiger partial charge in [-0.1, -0.05) is 23.7 Å². The first-order valence-electron chi connectivity index (χ1n) is 8.49. The Hall–Kier alpha value is -2.34. The van der Waals surface area contributed by atoms with Crippen LogP contribution in [0.5, 0.6) is 0 Å². The number of amides is 1. The molecule has 0 radical (unpaired) electrons. The number of nitrogens with zero attached hydrogens (tertiary/aromatic N) is 3. The third-order valence-electron chi connectivity index (χ3n) is 4.74. The van der Waals surface area contributed by atoms with Crippen LogP contribution < -0.4 is 0 Å². The summed E-state index contributed by atoms with van der Waals surface area (Å²) in [7, 11) is 0. The summed E-state index contributed by atoms with van der Waals surface area (Å²) in [5, 5.41) is 14.5. The zero-order valence-electron chi connectivity index (χ0n) is 15.0. The summed E-state index contributed by atoms with van der Waals surface area (Å²) >= 11 is 5.93. The van der Waals surface area contributed by atoms with E-state index in [1.54, 1.807) is 34.1 Å². The van der Waals surface area contributed by atoms with Crippen molar-refractivity contribution in [2.24, 2.45) is 5.92 Å². The van der Waals surface area contributed by atoms with Crippen LogP contribution in [-0.2, 0) is 10.3 Å². The second-order valence-electron chi connectivity index (χ2n) is 7.66. The molecule has 1 aliphatic rings. The molecule has 2 atom stereocenters. The molecular weight excluding hydrogens is 354 g/mol. The third-order valence-corrected chi connectivity index (χ3v) is 4.99. The minimum Gasteiger partial charge on any atom is -0.481 e. The van der Waals surface area contributed by atoms with Crippen LogP contribution in [0.2, 0.25) is 5.02 Å². The van der Waals surface area contributed by atoms with Gasteiger partial charge in [-0.2, -0.15) is 5.10 Å². The Bertz CT molecular complexity index is 823. The van der Waals surface area contributed by atoms with Gasteiger partial charge in [0.2, 0.25) is 0 Å². The fourth-order valence-electron chi connectivity index (χ4n) is 3.25. The van der Waals surface area contributed by atoms with E-state index in [1.807, 2.05) is 32.9 Å². The van der Waals surface area contributed by atoms with Crippen molar-refractivity contribution < 1.29 is 14.7 Å². The molecule has 1 fully saturated rings. The maximum atomic E-state index is 12.8. The van der Waals surface area contributed by atoms with E-state index in [9.17, 15) is 14.7 Å². The highest BCUT2D eigenvalue weighted by Crippen LogP contribution is 2.34. The van der Waals surface area contributed by atoms with Crippen molar-refractivity contribution in [3.8, 4) is 0 Å². The van der Waals surface area contributed by atoms with Crippen LogP contribution in [0.25, 0.3) is 0 Å². The number of carbonyl (C=O) groups excluding carboxylic acids is 1. The number of carboxylic acid groups (broad SMARTS) is 1. The summed E-state index contributed by atoms with van der Waals surface area (Å²) in [5.74, 6) is -1.99. The summed E-state index contributed by atoms with van der Waals surface area (Å²) < 4.78 is 1.74. The molecule has 1 amide bonds. The van der Waals surface area contributed by atoms with Crippen LogP contribution in [0.4, 0.5) is 0 Å². The average Bonchev–Trinajstić information content (AvgIpc) is 3.22. The van der Waals surface area contributed by atoms with Gasteiger partial charge in [0.1, 0.15) is 0 Å². The Kier molecular flexibility index (Phi) is 4.80. The monoisotopic (exact) mass is 375 g/mol. The highest BCUT2D eigenvalue weighted by atomic mass is 35.5. The molecule has 2 heterocycles. The van der Waals surface area contributed by atoms with Gasteiger partial charge in [-0.3, -0.25) is 14.3 Å². The van der Waals surface area contributed by atoms with Crippen molar-refractivity contribution in [2.45, 2.75) is 32.2 Å². The maximum Gasteiger partial charge on any atom is 0.308 e. The number of carbonyl (C=O) groups is 2. The third kappa shape index (κ3) is 3.60. The topological polar surface area (TPSA) is 75.4 Å². The zero-order valence-corrected chi connectivity index (χ0v) is 15.8. The first kappa shape index (κ1) is 18.5. The van der Waals surface area contributed by atoms with E-state index >= 15 is 0 Å². The van der Waals surface area contributed by atoms with E-state index in [-0.39, 0.29) is 23.9 Å². The summed E-state index contributed by atoms with van der Waals surface area (Å²) in [6.07, 6.45) is 3.26. The predicted molar refractivity (Wildman–Crippen MR) is 98.4 cm³/mol. The molecule has 138 valence electrons. The Labute approximate surface area is 157 Å². The molecular formula is C19H22ClN3O3. The van der Waals surface area contributed by atoms with Crippen molar-refractivity contribution in [1.29, 1.82) is 0 Å². The molecule has 0 spiro atoms. The summed E-state index contributed by atoms with van der Waals surface area (Å²) in [6, 6.07) is 7.14. The van der Waals surface area contributed by atoms with Gasteiger partial charge >= 0.3 is 5.97 Å². The van der Waals surface area contributed by atoms with E-state index < -0.39 is 11.9 Å². The number of aliphatic carboxylic acids is 1. The molecule has 2 aromatic rings. The number of halogens is 1. The number of likely N-dealkylation sites (tertiary alicyclic amines) is 1. The van der Waals surface area contributed by atoms with Gasteiger partial charge in [0.25, 0.3) is 5.91 Å². The molecule has 0 aliphatic carbocycles. The minimum atomic E-state index is -0.898. The first-order chi connectivity index (χ1) is 12.2. The van der Waals surface area contributed by atoms with Crippen LogP contribution >= 0.6 is 11.6 Å². The van der Waals surface area contributed by atoms with Gasteiger partial charge in [0.05, 0.1) is 23.2 Å². The zero-order chi connectivity index (χ0) is 19.1. The van der Waals surface area contributed by atoms with E-state index in [4.69, 9.17) is 11.6 Å². The second-order valence-corrected chi connectivity index (χ2v) is 8.09. The summed E-state index contributed by atoms with van der Waals surface area (Å²) in [6.45, 7) is 6.55. The maximum absolute atomic E-state index is 12.8. The molecule has 7 heteroatoms. The smallest absolute Gasteiger partial charge is 0.308 e. The average molecular weight is 376 g/mol. The molecule has 0 bridgehead atoms. The van der Waals surface area contributed by atoms with Gasteiger partial charge in [-0.05, 0) is 38.5 Å². The molecule has 1 N–H and O–H groups in total. The van der Waals surface area contributed by atoms with E-state index in [0.29, 0.717) is 17.1 Å². The summed E-state index contributed by atoms with van der Waals surface area (Å²) in [5.41, 5.74) is 1.13. The van der Waals surface area contributed by atoms with Gasteiger partial charge < -0.3 is 10.0 Å². The number of rotatable bonds is 3. The number of benzene rings is 1. The molecule has 1 saturated heterocycles. The van der Waals surface area contributed by atoms with Crippen molar-refractivity contribution in [1.82, 2.24) is 14.7 Å². The number of hydrogen-bond donors (Lipinski definition) is 1. The number of carboxylic acids is 1. The van der Waals surface area contributed by atoms with E-state index in [0.717, 1.165) is 5.56 Å². The number of hydrogen-bond acceptors (Lipinski definition) is 3. The van der Waals surface area contributed by atoms with Gasteiger partial charge in [0, 0.05) is 30.2 Å². The molecule has 1 aliphatic heterocycles. The lowest BCUT2D eigenvalue weighted by atomic mass is 9.89. The van der Waals surface area contributed by atoms with Crippen LogP contribution in [-0.4, -0.2) is 44.8 Å². The highest BCUT2D eigenvalue weighted by molar-refractivity contribution is 6.30.